The van der Waals surface area contributed by atoms with Crippen LogP contribution in [0, 0.1) is 5.92 Å². The van der Waals surface area contributed by atoms with E-state index in [1.165, 1.54) is 0 Å². The molecule has 2 unspecified atom stereocenters. The summed E-state index contributed by atoms with van der Waals surface area (Å²) in [5.74, 6) is 1.15. The summed E-state index contributed by atoms with van der Waals surface area (Å²) in [6.45, 7) is 2.75. The van der Waals surface area contributed by atoms with E-state index < -0.39 is 0 Å². The Kier molecular flexibility index (Phi) is 6.72. The van der Waals surface area contributed by atoms with Crippen LogP contribution in [0.4, 0.5) is 0 Å². The van der Waals surface area contributed by atoms with Crippen LogP contribution in [0.1, 0.15) is 44.6 Å². The maximum Gasteiger partial charge on any atom is 0.220 e. The van der Waals surface area contributed by atoms with Gasteiger partial charge in [-0.3, -0.25) is 4.79 Å². The molecule has 4 heteroatoms. The number of carbonyl (C=O) groups excluding carboxylic acids is 1. The molecule has 2 N–H and O–H groups in total. The number of carbonyl (C=O) groups is 1. The van der Waals surface area contributed by atoms with Crippen LogP contribution in [0.2, 0.25) is 0 Å². The molecular weight excluding hydrogens is 278 g/mol. The van der Waals surface area contributed by atoms with E-state index in [0.29, 0.717) is 19.4 Å². The van der Waals surface area contributed by atoms with E-state index in [4.69, 9.17) is 4.74 Å². The molecule has 0 aliphatic heterocycles. The predicted molar refractivity (Wildman–Crippen MR) is 86.9 cm³/mol. The minimum atomic E-state index is 0.0663. The highest BCUT2D eigenvalue weighted by Crippen LogP contribution is 2.24. The second-order valence-corrected chi connectivity index (χ2v) is 5.94. The molecule has 0 radical (unpaired) electrons. The molecule has 1 aromatic rings. The molecule has 1 aliphatic carbocycles. The topological polar surface area (TPSA) is 58.6 Å². The minimum absolute atomic E-state index is 0.0663. The molecule has 0 bridgehead atoms. The summed E-state index contributed by atoms with van der Waals surface area (Å²) in [4.78, 5) is 12.2. The van der Waals surface area contributed by atoms with Crippen molar-refractivity contribution in [3.63, 3.8) is 0 Å². The summed E-state index contributed by atoms with van der Waals surface area (Å²) in [7, 11) is 0. The number of rotatable bonds is 7. The predicted octanol–water partition coefficient (Wildman–Crippen LogP) is 2.69. The molecule has 1 amide bonds. The molecule has 122 valence electrons. The zero-order valence-electron chi connectivity index (χ0n) is 13.4. The molecule has 1 aromatic carbocycles. The average molecular weight is 305 g/mol. The second-order valence-electron chi connectivity index (χ2n) is 5.94. The zero-order valence-corrected chi connectivity index (χ0v) is 13.4. The van der Waals surface area contributed by atoms with E-state index in [-0.39, 0.29) is 24.5 Å². The Morgan fingerprint density at radius 1 is 1.32 bits per heavy atom. The second kappa shape index (κ2) is 8.79. The van der Waals surface area contributed by atoms with E-state index >= 15 is 0 Å². The van der Waals surface area contributed by atoms with Gasteiger partial charge in [0.05, 0.1) is 6.61 Å². The molecule has 0 spiro atoms. The van der Waals surface area contributed by atoms with Crippen LogP contribution in [0.3, 0.4) is 0 Å². The fraction of sp³-hybridized carbons (Fsp3) is 0.611. The minimum Gasteiger partial charge on any atom is -0.494 e. The molecular formula is C18H27NO3. The number of benzene rings is 1. The lowest BCUT2D eigenvalue weighted by molar-refractivity contribution is -0.122. The number of hydrogen-bond donors (Lipinski definition) is 2. The molecule has 4 nitrogen and oxygen atoms in total. The first-order valence-corrected chi connectivity index (χ1v) is 8.35. The molecule has 2 rings (SSSR count). The van der Waals surface area contributed by atoms with Gasteiger partial charge in [-0.2, -0.15) is 0 Å². The number of aliphatic hydroxyl groups excluding tert-OH is 1. The van der Waals surface area contributed by atoms with Gasteiger partial charge in [-0.1, -0.05) is 31.0 Å². The SMILES string of the molecule is CCOc1ccccc1CCC(=O)NC1CCCCC1CO. The molecule has 0 saturated heterocycles. The Labute approximate surface area is 132 Å². The third-order valence-electron chi connectivity index (χ3n) is 4.38. The number of aryl methyl sites for hydroxylation is 1. The van der Waals surface area contributed by atoms with Crippen LogP contribution in [0.5, 0.6) is 5.75 Å². The summed E-state index contributed by atoms with van der Waals surface area (Å²) >= 11 is 0. The quantitative estimate of drug-likeness (QED) is 0.814. The molecule has 2 atom stereocenters. The fourth-order valence-corrected chi connectivity index (χ4v) is 3.15. The summed E-state index contributed by atoms with van der Waals surface area (Å²) in [5.41, 5.74) is 1.07. The van der Waals surface area contributed by atoms with Gasteiger partial charge in [0.2, 0.25) is 5.91 Å². The van der Waals surface area contributed by atoms with Gasteiger partial charge in [-0.25, -0.2) is 0 Å². The van der Waals surface area contributed by atoms with Gasteiger partial charge in [-0.15, -0.1) is 0 Å². The van der Waals surface area contributed by atoms with Crippen molar-refractivity contribution in [1.82, 2.24) is 5.32 Å². The third kappa shape index (κ3) is 4.73. The normalized spacial score (nSPS) is 21.4. The lowest BCUT2D eigenvalue weighted by atomic mass is 9.85. The number of para-hydroxylation sites is 1. The van der Waals surface area contributed by atoms with Crippen molar-refractivity contribution in [3.8, 4) is 5.75 Å². The first kappa shape index (κ1) is 16.8. The van der Waals surface area contributed by atoms with Gasteiger partial charge in [0.15, 0.2) is 0 Å². The number of amides is 1. The van der Waals surface area contributed by atoms with E-state index in [1.54, 1.807) is 0 Å². The fourth-order valence-electron chi connectivity index (χ4n) is 3.15. The third-order valence-corrected chi connectivity index (χ3v) is 4.38. The maximum absolute atomic E-state index is 12.2. The first-order chi connectivity index (χ1) is 10.7. The van der Waals surface area contributed by atoms with Crippen molar-refractivity contribution in [2.24, 2.45) is 5.92 Å². The average Bonchev–Trinajstić information content (AvgIpc) is 2.55. The summed E-state index contributed by atoms with van der Waals surface area (Å²) < 4.78 is 5.59. The van der Waals surface area contributed by atoms with Crippen LogP contribution < -0.4 is 10.1 Å². The van der Waals surface area contributed by atoms with Gasteiger partial charge in [0.25, 0.3) is 0 Å². The Balaban J connectivity index is 1.85. The highest BCUT2D eigenvalue weighted by Gasteiger charge is 2.25. The molecule has 1 aliphatic rings. The van der Waals surface area contributed by atoms with Crippen molar-refractivity contribution < 1.29 is 14.6 Å². The van der Waals surface area contributed by atoms with Crippen molar-refractivity contribution in [2.75, 3.05) is 13.2 Å². The van der Waals surface area contributed by atoms with Crippen LogP contribution in [-0.4, -0.2) is 30.3 Å². The summed E-state index contributed by atoms with van der Waals surface area (Å²) in [6.07, 6.45) is 5.41. The number of hydrogen-bond acceptors (Lipinski definition) is 3. The van der Waals surface area contributed by atoms with Crippen LogP contribution >= 0.6 is 0 Å². The van der Waals surface area contributed by atoms with Crippen molar-refractivity contribution >= 4 is 5.91 Å². The van der Waals surface area contributed by atoms with Crippen molar-refractivity contribution in [3.05, 3.63) is 29.8 Å². The van der Waals surface area contributed by atoms with Crippen LogP contribution in [-0.2, 0) is 11.2 Å². The highest BCUT2D eigenvalue weighted by molar-refractivity contribution is 5.76. The molecule has 22 heavy (non-hydrogen) atoms. The van der Waals surface area contributed by atoms with Gasteiger partial charge in [0, 0.05) is 25.0 Å². The highest BCUT2D eigenvalue weighted by atomic mass is 16.5. The Hall–Kier alpha value is -1.55. The number of nitrogens with one attached hydrogen (secondary N) is 1. The van der Waals surface area contributed by atoms with E-state index in [2.05, 4.69) is 5.32 Å². The Bertz CT molecular complexity index is 475. The van der Waals surface area contributed by atoms with E-state index in [1.807, 2.05) is 31.2 Å². The Morgan fingerprint density at radius 3 is 2.86 bits per heavy atom. The first-order valence-electron chi connectivity index (χ1n) is 8.35. The smallest absolute Gasteiger partial charge is 0.220 e. The van der Waals surface area contributed by atoms with Gasteiger partial charge in [0.1, 0.15) is 5.75 Å². The van der Waals surface area contributed by atoms with Crippen molar-refractivity contribution in [1.29, 1.82) is 0 Å². The molecule has 1 fully saturated rings. The van der Waals surface area contributed by atoms with E-state index in [0.717, 1.165) is 37.0 Å². The number of ether oxygens (including phenoxy) is 1. The van der Waals surface area contributed by atoms with Crippen LogP contribution in [0.25, 0.3) is 0 Å². The largest absolute Gasteiger partial charge is 0.494 e. The Morgan fingerprint density at radius 2 is 2.09 bits per heavy atom. The summed E-state index contributed by atoms with van der Waals surface area (Å²) in [6, 6.07) is 8.00. The molecule has 0 heterocycles. The standard InChI is InChI=1S/C18H27NO3/c1-2-22-17-10-6-4-7-14(17)11-12-18(21)19-16-9-5-3-8-15(16)13-20/h4,6-7,10,15-16,20H,2-3,5,8-9,11-13H2,1H3,(H,19,21). The van der Waals surface area contributed by atoms with E-state index in [9.17, 15) is 9.90 Å². The lowest BCUT2D eigenvalue weighted by Gasteiger charge is -2.30. The number of aliphatic hydroxyl groups is 1. The van der Waals surface area contributed by atoms with Gasteiger partial charge in [-0.05, 0) is 37.8 Å². The molecule has 0 aromatic heterocycles. The lowest BCUT2D eigenvalue weighted by Crippen LogP contribution is -2.43. The maximum atomic E-state index is 12.2. The molecule has 1 saturated carbocycles. The van der Waals surface area contributed by atoms with Gasteiger partial charge >= 0.3 is 0 Å². The van der Waals surface area contributed by atoms with Gasteiger partial charge < -0.3 is 15.2 Å². The summed E-state index contributed by atoms with van der Waals surface area (Å²) in [5, 5.41) is 12.5. The monoisotopic (exact) mass is 305 g/mol. The van der Waals surface area contributed by atoms with Crippen LogP contribution in [0.15, 0.2) is 24.3 Å². The zero-order chi connectivity index (χ0) is 15.8. The van der Waals surface area contributed by atoms with Crippen molar-refractivity contribution in [2.45, 2.75) is 51.5 Å².